The molecule has 0 aliphatic heterocycles. The summed E-state index contributed by atoms with van der Waals surface area (Å²) in [5, 5.41) is 0. The summed E-state index contributed by atoms with van der Waals surface area (Å²) < 4.78 is 4.81. The Bertz CT molecular complexity index is 176. The molecule has 3 nitrogen and oxygen atoms in total. The third kappa shape index (κ3) is 6.34. The molecule has 0 saturated carbocycles. The lowest BCUT2D eigenvalue weighted by Crippen LogP contribution is -2.38. The van der Waals surface area contributed by atoms with Crippen LogP contribution in [0.1, 0.15) is 33.1 Å². The Balaban J connectivity index is 3.85. The van der Waals surface area contributed by atoms with Crippen molar-refractivity contribution in [1.82, 2.24) is 0 Å². The molecule has 13 heavy (non-hydrogen) atoms. The first kappa shape index (κ1) is 12.2. The summed E-state index contributed by atoms with van der Waals surface area (Å²) in [6.07, 6.45) is 3.66. The third-order valence-corrected chi connectivity index (χ3v) is 1.77. The molecule has 0 aliphatic rings. The van der Waals surface area contributed by atoms with Crippen LogP contribution in [0, 0.1) is 0 Å². The van der Waals surface area contributed by atoms with Gasteiger partial charge in [-0.2, -0.15) is 0 Å². The lowest BCUT2D eigenvalue weighted by atomic mass is 9.93. The Hall–Kier alpha value is -0.830. The van der Waals surface area contributed by atoms with Gasteiger partial charge in [-0.25, -0.2) is 0 Å². The van der Waals surface area contributed by atoms with Crippen LogP contribution in [0.15, 0.2) is 12.7 Å². The number of carbonyl (C=O) groups is 1. The Morgan fingerprint density at radius 2 is 2.31 bits per heavy atom. The maximum absolute atomic E-state index is 11.1. The molecule has 0 aromatic heterocycles. The van der Waals surface area contributed by atoms with E-state index in [1.165, 1.54) is 0 Å². The molecule has 0 saturated heterocycles. The van der Waals surface area contributed by atoms with Gasteiger partial charge in [-0.05, 0) is 26.7 Å². The zero-order valence-electron chi connectivity index (χ0n) is 8.51. The summed E-state index contributed by atoms with van der Waals surface area (Å²) in [5.74, 6) is -0.225. The van der Waals surface area contributed by atoms with E-state index in [0.717, 1.165) is 12.8 Å². The predicted molar refractivity (Wildman–Crippen MR) is 53.3 cm³/mol. The molecule has 0 amide bonds. The van der Waals surface area contributed by atoms with Crippen molar-refractivity contribution < 1.29 is 9.53 Å². The van der Waals surface area contributed by atoms with Crippen LogP contribution in [0.25, 0.3) is 0 Å². The van der Waals surface area contributed by atoms with E-state index in [1.54, 1.807) is 13.0 Å². The van der Waals surface area contributed by atoms with Crippen LogP contribution in [-0.2, 0) is 9.53 Å². The molecule has 0 aromatic rings. The first-order valence-electron chi connectivity index (χ1n) is 4.57. The van der Waals surface area contributed by atoms with Crippen LogP contribution in [0.3, 0.4) is 0 Å². The molecule has 0 bridgehead atoms. The van der Waals surface area contributed by atoms with E-state index in [4.69, 9.17) is 10.5 Å². The number of esters is 1. The van der Waals surface area contributed by atoms with E-state index < -0.39 is 5.54 Å². The minimum atomic E-state index is -0.472. The molecule has 0 spiro atoms. The van der Waals surface area contributed by atoms with Crippen LogP contribution in [-0.4, -0.2) is 18.1 Å². The lowest BCUT2D eigenvalue weighted by molar-refractivity contribution is -0.144. The minimum Gasteiger partial charge on any atom is -0.466 e. The fraction of sp³-hybridized carbons (Fsp3) is 0.700. The van der Waals surface area contributed by atoms with Gasteiger partial charge in [0.2, 0.25) is 0 Å². The van der Waals surface area contributed by atoms with Gasteiger partial charge in [-0.3, -0.25) is 4.79 Å². The minimum absolute atomic E-state index is 0.225. The first-order valence-corrected chi connectivity index (χ1v) is 4.57. The van der Waals surface area contributed by atoms with Crippen molar-refractivity contribution in [2.75, 3.05) is 6.61 Å². The van der Waals surface area contributed by atoms with E-state index in [9.17, 15) is 4.79 Å². The van der Waals surface area contributed by atoms with Crippen LogP contribution < -0.4 is 5.73 Å². The largest absolute Gasteiger partial charge is 0.466 e. The van der Waals surface area contributed by atoms with Gasteiger partial charge in [0.05, 0.1) is 13.0 Å². The van der Waals surface area contributed by atoms with Gasteiger partial charge in [0.1, 0.15) is 0 Å². The van der Waals surface area contributed by atoms with Crippen LogP contribution in [0.5, 0.6) is 0 Å². The first-order chi connectivity index (χ1) is 6.02. The van der Waals surface area contributed by atoms with Crippen molar-refractivity contribution >= 4 is 5.97 Å². The number of nitrogens with two attached hydrogens (primary N) is 1. The maximum Gasteiger partial charge on any atom is 0.307 e. The Labute approximate surface area is 79.9 Å². The highest BCUT2D eigenvalue weighted by Gasteiger charge is 2.22. The quantitative estimate of drug-likeness (QED) is 0.505. The molecule has 0 aromatic carbocycles. The molecule has 0 fully saturated rings. The number of hydrogen-bond acceptors (Lipinski definition) is 3. The molecular weight excluding hydrogens is 166 g/mol. The molecule has 1 unspecified atom stereocenters. The summed E-state index contributed by atoms with van der Waals surface area (Å²) in [4.78, 5) is 11.1. The number of hydrogen-bond donors (Lipinski definition) is 1. The number of rotatable bonds is 6. The summed E-state index contributed by atoms with van der Waals surface area (Å²) >= 11 is 0. The number of allylic oxidation sites excluding steroid dienone is 1. The van der Waals surface area contributed by atoms with Gasteiger partial charge < -0.3 is 10.5 Å². The Morgan fingerprint density at radius 1 is 1.69 bits per heavy atom. The van der Waals surface area contributed by atoms with E-state index >= 15 is 0 Å². The second kappa shape index (κ2) is 5.75. The SMILES string of the molecule is C=CCCC(C)(N)CC(=O)OCC. The van der Waals surface area contributed by atoms with Gasteiger partial charge >= 0.3 is 5.97 Å². The van der Waals surface area contributed by atoms with Gasteiger partial charge in [-0.1, -0.05) is 6.08 Å². The zero-order valence-corrected chi connectivity index (χ0v) is 8.51. The fourth-order valence-corrected chi connectivity index (χ4v) is 1.06. The van der Waals surface area contributed by atoms with E-state index in [0.29, 0.717) is 6.61 Å². The van der Waals surface area contributed by atoms with Gasteiger partial charge in [0, 0.05) is 5.54 Å². The van der Waals surface area contributed by atoms with Crippen molar-refractivity contribution in [3.05, 3.63) is 12.7 Å². The molecule has 76 valence electrons. The van der Waals surface area contributed by atoms with Crippen molar-refractivity contribution in [1.29, 1.82) is 0 Å². The summed E-state index contributed by atoms with van der Waals surface area (Å²) in [6, 6.07) is 0. The average Bonchev–Trinajstić information content (AvgIpc) is 2.00. The molecule has 2 N–H and O–H groups in total. The normalized spacial score (nSPS) is 14.7. The highest BCUT2D eigenvalue weighted by molar-refractivity contribution is 5.70. The average molecular weight is 185 g/mol. The van der Waals surface area contributed by atoms with Gasteiger partial charge in [0.15, 0.2) is 0 Å². The highest BCUT2D eigenvalue weighted by atomic mass is 16.5. The lowest BCUT2D eigenvalue weighted by Gasteiger charge is -2.22. The molecule has 0 radical (unpaired) electrons. The molecule has 0 rings (SSSR count). The number of carbonyl (C=O) groups excluding carboxylic acids is 1. The summed E-state index contributed by atoms with van der Waals surface area (Å²) in [5.41, 5.74) is 5.41. The monoisotopic (exact) mass is 185 g/mol. The highest BCUT2D eigenvalue weighted by Crippen LogP contribution is 2.14. The summed E-state index contributed by atoms with van der Waals surface area (Å²) in [6.45, 7) is 7.66. The number of ether oxygens (including phenoxy) is 1. The predicted octanol–water partition coefficient (Wildman–Crippen LogP) is 1.62. The standard InChI is InChI=1S/C10H19NO2/c1-4-6-7-10(3,11)8-9(12)13-5-2/h4H,1,5-8,11H2,2-3H3. The molecule has 3 heteroatoms. The maximum atomic E-state index is 11.1. The van der Waals surface area contributed by atoms with Gasteiger partial charge in [-0.15, -0.1) is 6.58 Å². The Kier molecular flexibility index (Phi) is 5.39. The molecule has 0 heterocycles. The topological polar surface area (TPSA) is 52.3 Å². The third-order valence-electron chi connectivity index (χ3n) is 1.77. The van der Waals surface area contributed by atoms with Crippen LogP contribution >= 0.6 is 0 Å². The molecule has 0 aliphatic carbocycles. The second-order valence-electron chi connectivity index (χ2n) is 3.46. The van der Waals surface area contributed by atoms with E-state index in [1.807, 2.05) is 6.92 Å². The van der Waals surface area contributed by atoms with Crippen LogP contribution in [0.2, 0.25) is 0 Å². The molecule has 1 atom stereocenters. The zero-order chi connectivity index (χ0) is 10.3. The second-order valence-corrected chi connectivity index (χ2v) is 3.46. The molecular formula is C10H19NO2. The summed E-state index contributed by atoms with van der Waals surface area (Å²) in [7, 11) is 0. The smallest absolute Gasteiger partial charge is 0.307 e. The van der Waals surface area contributed by atoms with Crippen molar-refractivity contribution in [3.8, 4) is 0 Å². The van der Waals surface area contributed by atoms with Crippen molar-refractivity contribution in [3.63, 3.8) is 0 Å². The van der Waals surface area contributed by atoms with E-state index in [2.05, 4.69) is 6.58 Å². The van der Waals surface area contributed by atoms with Crippen molar-refractivity contribution in [2.24, 2.45) is 5.73 Å². The van der Waals surface area contributed by atoms with Crippen LogP contribution in [0.4, 0.5) is 0 Å². The van der Waals surface area contributed by atoms with Crippen molar-refractivity contribution in [2.45, 2.75) is 38.6 Å². The van der Waals surface area contributed by atoms with E-state index in [-0.39, 0.29) is 12.4 Å². The van der Waals surface area contributed by atoms with Gasteiger partial charge in [0.25, 0.3) is 0 Å². The fourth-order valence-electron chi connectivity index (χ4n) is 1.06. The Morgan fingerprint density at radius 3 is 2.77 bits per heavy atom.